The highest BCUT2D eigenvalue weighted by Crippen LogP contribution is 2.50. The SMILES string of the molecule is c1ccc(-c2nc(-c3ccccc3)nc(-n3c4ccccc4c4ccc5c(c43)-n3ccc4cccc(c43)N5c3ccccc3)n2)cc1. The Balaban J connectivity index is 1.36. The van der Waals surface area contributed by atoms with E-state index in [9.17, 15) is 0 Å². The molecule has 6 heteroatoms. The maximum atomic E-state index is 5.20. The van der Waals surface area contributed by atoms with Crippen LogP contribution in [0.3, 0.4) is 0 Å². The Hall–Kier alpha value is -6.53. The fourth-order valence-corrected chi connectivity index (χ4v) is 7.08. The maximum absolute atomic E-state index is 5.20. The smallest absolute Gasteiger partial charge is 0.238 e. The Labute approximate surface area is 270 Å². The predicted octanol–water partition coefficient (Wildman–Crippen LogP) is 10.0. The summed E-state index contributed by atoms with van der Waals surface area (Å²) < 4.78 is 4.57. The fourth-order valence-electron chi connectivity index (χ4n) is 7.08. The van der Waals surface area contributed by atoms with Gasteiger partial charge in [-0.15, -0.1) is 0 Å². The Morgan fingerprint density at radius 3 is 1.83 bits per heavy atom. The Bertz CT molecular complexity index is 2560. The van der Waals surface area contributed by atoms with Crippen molar-refractivity contribution in [2.24, 2.45) is 0 Å². The van der Waals surface area contributed by atoms with Gasteiger partial charge >= 0.3 is 0 Å². The zero-order valence-corrected chi connectivity index (χ0v) is 25.2. The van der Waals surface area contributed by atoms with Crippen LogP contribution in [0.5, 0.6) is 0 Å². The lowest BCUT2D eigenvalue weighted by Crippen LogP contribution is -2.19. The monoisotopic (exact) mass is 602 g/mol. The van der Waals surface area contributed by atoms with E-state index in [-0.39, 0.29) is 0 Å². The van der Waals surface area contributed by atoms with Crippen LogP contribution in [0.4, 0.5) is 17.1 Å². The van der Waals surface area contributed by atoms with E-state index in [1.165, 1.54) is 10.9 Å². The van der Waals surface area contributed by atoms with Crippen molar-refractivity contribution < 1.29 is 0 Å². The first-order valence-corrected chi connectivity index (χ1v) is 15.7. The van der Waals surface area contributed by atoms with E-state index in [0.29, 0.717) is 17.6 Å². The van der Waals surface area contributed by atoms with E-state index >= 15 is 0 Å². The third-order valence-corrected chi connectivity index (χ3v) is 9.10. The number of hydrogen-bond acceptors (Lipinski definition) is 4. The average molecular weight is 603 g/mol. The lowest BCUT2D eigenvalue weighted by atomic mass is 10.0. The van der Waals surface area contributed by atoms with Gasteiger partial charge in [0.2, 0.25) is 5.95 Å². The molecule has 0 saturated heterocycles. The molecule has 0 N–H and O–H groups in total. The number of nitrogens with zero attached hydrogens (tertiary/aromatic N) is 6. The van der Waals surface area contributed by atoms with Crippen LogP contribution in [0.1, 0.15) is 0 Å². The minimum Gasteiger partial charge on any atom is -0.311 e. The molecule has 1 aliphatic rings. The average Bonchev–Trinajstić information content (AvgIpc) is 3.73. The second kappa shape index (κ2) is 9.99. The summed E-state index contributed by atoms with van der Waals surface area (Å²) in [6, 6.07) is 52.7. The maximum Gasteiger partial charge on any atom is 0.238 e. The number of para-hydroxylation sites is 3. The topological polar surface area (TPSA) is 51.8 Å². The van der Waals surface area contributed by atoms with Gasteiger partial charge in [-0.2, -0.15) is 9.97 Å². The summed E-state index contributed by atoms with van der Waals surface area (Å²) in [6.45, 7) is 0. The normalized spacial score (nSPS) is 12.2. The number of aromatic nitrogens is 5. The molecule has 10 rings (SSSR count). The molecule has 4 heterocycles. The molecule has 6 aromatic carbocycles. The van der Waals surface area contributed by atoms with Gasteiger partial charge in [0, 0.05) is 39.2 Å². The summed E-state index contributed by atoms with van der Waals surface area (Å²) in [4.78, 5) is 17.8. The molecule has 47 heavy (non-hydrogen) atoms. The van der Waals surface area contributed by atoms with Gasteiger partial charge in [-0.05, 0) is 42.5 Å². The first-order chi connectivity index (χ1) is 23.3. The summed E-state index contributed by atoms with van der Waals surface area (Å²) in [7, 11) is 0. The quantitative estimate of drug-likeness (QED) is 0.201. The van der Waals surface area contributed by atoms with E-state index in [0.717, 1.165) is 55.7 Å². The highest BCUT2D eigenvalue weighted by Gasteiger charge is 2.30. The Kier molecular flexibility index (Phi) is 5.48. The van der Waals surface area contributed by atoms with Crippen molar-refractivity contribution in [3.63, 3.8) is 0 Å². The van der Waals surface area contributed by atoms with Crippen molar-refractivity contribution in [3.05, 3.63) is 158 Å². The molecule has 0 fully saturated rings. The summed E-state index contributed by atoms with van der Waals surface area (Å²) in [6.07, 6.45) is 2.19. The molecule has 0 radical (unpaired) electrons. The first kappa shape index (κ1) is 25.8. The van der Waals surface area contributed by atoms with Gasteiger partial charge in [0.25, 0.3) is 0 Å². The van der Waals surface area contributed by atoms with E-state index in [1.54, 1.807) is 0 Å². The van der Waals surface area contributed by atoms with E-state index < -0.39 is 0 Å². The Morgan fingerprint density at radius 2 is 1.11 bits per heavy atom. The van der Waals surface area contributed by atoms with Crippen LogP contribution in [0.25, 0.3) is 67.1 Å². The van der Waals surface area contributed by atoms with E-state index in [4.69, 9.17) is 15.0 Å². The molecule has 0 spiro atoms. The van der Waals surface area contributed by atoms with Gasteiger partial charge in [-0.3, -0.25) is 4.57 Å². The molecule has 0 atom stereocenters. The molecule has 1 aliphatic heterocycles. The van der Waals surface area contributed by atoms with Gasteiger partial charge in [0.15, 0.2) is 11.6 Å². The fraction of sp³-hybridized carbons (Fsp3) is 0. The number of benzene rings is 6. The number of rotatable bonds is 4. The lowest BCUT2D eigenvalue weighted by molar-refractivity contribution is 0.947. The van der Waals surface area contributed by atoms with Gasteiger partial charge in [0.05, 0.1) is 33.6 Å². The van der Waals surface area contributed by atoms with Gasteiger partial charge < -0.3 is 9.47 Å². The molecule has 220 valence electrons. The van der Waals surface area contributed by atoms with Crippen LogP contribution in [-0.2, 0) is 0 Å². The van der Waals surface area contributed by atoms with Crippen molar-refractivity contribution in [1.29, 1.82) is 0 Å². The summed E-state index contributed by atoms with van der Waals surface area (Å²) in [5, 5.41) is 3.46. The van der Waals surface area contributed by atoms with Gasteiger partial charge in [0.1, 0.15) is 0 Å². The number of anilines is 3. The van der Waals surface area contributed by atoms with Crippen molar-refractivity contribution in [3.8, 4) is 34.4 Å². The zero-order chi connectivity index (χ0) is 30.9. The molecule has 0 amide bonds. The standard InChI is InChI=1S/C41H26N6/c1-4-13-28(14-5-1)39-42-40(29-15-6-2-7-16-29)44-41(43-39)47-33-21-11-10-20-31(33)32-23-24-35-38(37(32)47)45-26-25-27-17-12-22-34(36(27)45)46(35)30-18-8-3-9-19-30/h1-26H. The second-order valence-corrected chi connectivity index (χ2v) is 11.8. The Morgan fingerprint density at radius 1 is 0.447 bits per heavy atom. The molecule has 6 nitrogen and oxygen atoms in total. The third-order valence-electron chi connectivity index (χ3n) is 9.10. The van der Waals surface area contributed by atoms with Crippen molar-refractivity contribution in [1.82, 2.24) is 24.1 Å². The van der Waals surface area contributed by atoms with Gasteiger partial charge in [-0.1, -0.05) is 109 Å². The molecular formula is C41H26N6. The largest absolute Gasteiger partial charge is 0.311 e. The molecule has 0 saturated carbocycles. The van der Waals surface area contributed by atoms with E-state index in [1.807, 2.05) is 60.7 Å². The summed E-state index contributed by atoms with van der Waals surface area (Å²) >= 11 is 0. The molecule has 0 unspecified atom stereocenters. The number of fused-ring (bicyclic) bond motifs is 6. The molecule has 3 aromatic heterocycles. The summed E-state index contributed by atoms with van der Waals surface area (Å²) in [5.41, 5.74) is 9.54. The van der Waals surface area contributed by atoms with Crippen LogP contribution >= 0.6 is 0 Å². The van der Waals surface area contributed by atoms with Crippen LogP contribution in [0, 0.1) is 0 Å². The van der Waals surface area contributed by atoms with Crippen molar-refractivity contribution in [2.75, 3.05) is 4.90 Å². The van der Waals surface area contributed by atoms with Crippen LogP contribution in [-0.4, -0.2) is 24.1 Å². The highest BCUT2D eigenvalue weighted by molar-refractivity contribution is 6.16. The van der Waals surface area contributed by atoms with Crippen LogP contribution < -0.4 is 4.90 Å². The second-order valence-electron chi connectivity index (χ2n) is 11.8. The van der Waals surface area contributed by atoms with Gasteiger partial charge in [-0.25, -0.2) is 4.98 Å². The minimum atomic E-state index is 0.575. The summed E-state index contributed by atoms with van der Waals surface area (Å²) in [5.74, 6) is 1.83. The lowest BCUT2D eigenvalue weighted by Gasteiger charge is -2.33. The first-order valence-electron chi connectivity index (χ1n) is 15.7. The van der Waals surface area contributed by atoms with E-state index in [2.05, 4.69) is 111 Å². The molecule has 0 bridgehead atoms. The zero-order valence-electron chi connectivity index (χ0n) is 25.2. The van der Waals surface area contributed by atoms with Crippen LogP contribution in [0.15, 0.2) is 158 Å². The van der Waals surface area contributed by atoms with Crippen LogP contribution in [0.2, 0.25) is 0 Å². The third kappa shape index (κ3) is 3.82. The molecular weight excluding hydrogens is 576 g/mol. The number of hydrogen-bond donors (Lipinski definition) is 0. The predicted molar refractivity (Wildman–Crippen MR) is 190 cm³/mol. The minimum absolute atomic E-state index is 0.575. The van der Waals surface area contributed by atoms with Crippen molar-refractivity contribution >= 4 is 49.8 Å². The molecule has 0 aliphatic carbocycles. The molecule has 9 aromatic rings. The van der Waals surface area contributed by atoms with Crippen molar-refractivity contribution in [2.45, 2.75) is 0 Å². The highest BCUT2D eigenvalue weighted by atomic mass is 15.2.